The fourth-order valence-electron chi connectivity index (χ4n) is 3.14. The van der Waals surface area contributed by atoms with Crippen molar-refractivity contribution in [2.75, 3.05) is 44.9 Å². The molecule has 3 rings (SSSR count). The Hall–Kier alpha value is -1.91. The monoisotopic (exact) mass is 531 g/mol. The van der Waals surface area contributed by atoms with E-state index in [4.69, 9.17) is 16.3 Å². The van der Waals surface area contributed by atoms with Crippen LogP contribution in [0.3, 0.4) is 0 Å². The van der Waals surface area contributed by atoms with Gasteiger partial charge in [0.2, 0.25) is 5.91 Å². The highest BCUT2D eigenvalue weighted by Crippen LogP contribution is 2.33. The number of carbonyl (C=O) groups excluding carboxylic acids is 1. The highest BCUT2D eigenvalue weighted by atomic mass is 35.5. The lowest BCUT2D eigenvalue weighted by atomic mass is 10.2. The number of likely N-dealkylation sites (N-methyl/N-ethyl adjacent to an activating group) is 1. The normalized spacial score (nSPS) is 11.5. The van der Waals surface area contributed by atoms with Gasteiger partial charge in [-0.2, -0.15) is 0 Å². The Balaban J connectivity index is 0.00000385. The highest BCUT2D eigenvalue weighted by Gasteiger charge is 2.24. The van der Waals surface area contributed by atoms with E-state index in [0.717, 1.165) is 15.8 Å². The molecule has 0 fully saturated rings. The van der Waals surface area contributed by atoms with Crippen LogP contribution in [-0.4, -0.2) is 64.3 Å². The molecule has 11 heteroatoms. The number of anilines is 1. The first-order valence-corrected chi connectivity index (χ1v) is 12.8. The van der Waals surface area contributed by atoms with E-state index in [-0.39, 0.29) is 35.4 Å². The van der Waals surface area contributed by atoms with Gasteiger partial charge in [-0.1, -0.05) is 22.9 Å². The maximum atomic E-state index is 13.1. The van der Waals surface area contributed by atoms with Crippen molar-refractivity contribution in [1.82, 2.24) is 9.88 Å². The minimum atomic E-state index is -3.61. The van der Waals surface area contributed by atoms with Gasteiger partial charge in [-0.15, -0.1) is 12.4 Å². The number of rotatable bonds is 9. The van der Waals surface area contributed by atoms with Crippen molar-refractivity contribution in [3.05, 3.63) is 47.0 Å². The number of hydrogen-bond donors (Lipinski definition) is 0. The molecule has 180 valence electrons. The topological polar surface area (TPSA) is 79.8 Å². The summed E-state index contributed by atoms with van der Waals surface area (Å²) in [5.74, 6) is -0.000282. The molecule has 0 aliphatic carbocycles. The lowest BCUT2D eigenvalue weighted by Gasteiger charge is -2.22. The smallest absolute Gasteiger partial charge is 0.229 e. The lowest BCUT2D eigenvalue weighted by molar-refractivity contribution is -0.118. The number of fused-ring (bicyclic) bond motifs is 1. The van der Waals surface area contributed by atoms with Gasteiger partial charge >= 0.3 is 0 Å². The number of hydrogen-bond acceptors (Lipinski definition) is 7. The van der Waals surface area contributed by atoms with Crippen LogP contribution in [0.4, 0.5) is 5.13 Å². The number of thiazole rings is 1. The number of nitrogens with zero attached hydrogens (tertiary/aromatic N) is 3. The molecule has 1 aromatic heterocycles. The molecule has 0 bridgehead atoms. The van der Waals surface area contributed by atoms with E-state index >= 15 is 0 Å². The number of ether oxygens (including phenoxy) is 1. The first kappa shape index (κ1) is 27.3. The number of benzene rings is 2. The third-order valence-corrected chi connectivity index (χ3v) is 7.92. The zero-order valence-electron chi connectivity index (χ0n) is 18.9. The van der Waals surface area contributed by atoms with Crippen molar-refractivity contribution >= 4 is 66.4 Å². The second-order valence-electron chi connectivity index (χ2n) is 7.66. The van der Waals surface area contributed by atoms with E-state index in [1.54, 1.807) is 17.0 Å². The maximum Gasteiger partial charge on any atom is 0.229 e. The molecule has 33 heavy (non-hydrogen) atoms. The summed E-state index contributed by atoms with van der Waals surface area (Å²) in [6.07, 6.45) is -0.141. The second kappa shape index (κ2) is 11.5. The van der Waals surface area contributed by atoms with Crippen LogP contribution in [0.1, 0.15) is 12.0 Å². The molecule has 0 N–H and O–H groups in total. The Morgan fingerprint density at radius 2 is 1.82 bits per heavy atom. The first-order chi connectivity index (χ1) is 15.1. The van der Waals surface area contributed by atoms with E-state index in [1.807, 2.05) is 38.1 Å². The Labute approximate surface area is 209 Å². The summed E-state index contributed by atoms with van der Waals surface area (Å²) in [5.41, 5.74) is 1.72. The van der Waals surface area contributed by atoms with Crippen molar-refractivity contribution in [3.8, 4) is 5.75 Å². The lowest BCUT2D eigenvalue weighted by Crippen LogP contribution is -2.37. The standard InChI is InChI=1S/C22H26ClN3O4S2.ClH/c1-15-13-16(23)14-19-21(15)24-22(31-19)26(11-10-25(2)3)20(27)9-12-32(28,29)18-7-5-17(30-4)6-8-18;/h5-8,13-14H,9-12H2,1-4H3;1H. The number of aryl methyl sites for hydroxylation is 1. The van der Waals surface area contributed by atoms with Gasteiger partial charge in [0.15, 0.2) is 15.0 Å². The summed E-state index contributed by atoms with van der Waals surface area (Å²) < 4.78 is 31.4. The van der Waals surface area contributed by atoms with E-state index in [9.17, 15) is 13.2 Å². The average molecular weight is 533 g/mol. The number of carbonyl (C=O) groups is 1. The van der Waals surface area contributed by atoms with E-state index < -0.39 is 9.84 Å². The minimum absolute atomic E-state index is 0. The molecular weight excluding hydrogens is 505 g/mol. The Bertz CT molecular complexity index is 1210. The van der Waals surface area contributed by atoms with E-state index in [1.165, 1.54) is 30.6 Å². The van der Waals surface area contributed by atoms with Gasteiger partial charge in [0.25, 0.3) is 0 Å². The van der Waals surface area contributed by atoms with Crippen molar-refractivity contribution in [3.63, 3.8) is 0 Å². The van der Waals surface area contributed by atoms with E-state index in [2.05, 4.69) is 4.98 Å². The number of methoxy groups -OCH3 is 1. The summed E-state index contributed by atoms with van der Waals surface area (Å²) in [4.78, 5) is 21.5. The van der Waals surface area contributed by atoms with Gasteiger partial charge in [-0.05, 0) is 63.0 Å². The third kappa shape index (κ3) is 6.80. The molecule has 0 saturated heterocycles. The summed E-state index contributed by atoms with van der Waals surface area (Å²) in [5, 5.41) is 1.15. The van der Waals surface area contributed by atoms with Crippen LogP contribution in [0.2, 0.25) is 5.02 Å². The highest BCUT2D eigenvalue weighted by molar-refractivity contribution is 7.91. The van der Waals surface area contributed by atoms with Gasteiger partial charge in [-0.3, -0.25) is 9.69 Å². The van der Waals surface area contributed by atoms with Gasteiger partial charge < -0.3 is 9.64 Å². The number of sulfone groups is 1. The van der Waals surface area contributed by atoms with Gasteiger partial charge in [0.1, 0.15) is 5.75 Å². The molecule has 2 aromatic carbocycles. The van der Waals surface area contributed by atoms with Crippen LogP contribution >= 0.6 is 35.3 Å². The van der Waals surface area contributed by atoms with Crippen LogP contribution < -0.4 is 9.64 Å². The molecule has 0 unspecified atom stereocenters. The first-order valence-electron chi connectivity index (χ1n) is 9.99. The van der Waals surface area contributed by atoms with Crippen molar-refractivity contribution in [1.29, 1.82) is 0 Å². The van der Waals surface area contributed by atoms with Crippen molar-refractivity contribution in [2.45, 2.75) is 18.2 Å². The Morgan fingerprint density at radius 3 is 2.42 bits per heavy atom. The third-order valence-electron chi connectivity index (χ3n) is 4.94. The second-order valence-corrected chi connectivity index (χ2v) is 11.2. The zero-order chi connectivity index (χ0) is 23.5. The molecule has 1 heterocycles. The zero-order valence-corrected chi connectivity index (χ0v) is 22.1. The van der Waals surface area contributed by atoms with Crippen LogP contribution in [0.25, 0.3) is 10.2 Å². The number of aromatic nitrogens is 1. The van der Waals surface area contributed by atoms with Gasteiger partial charge in [0, 0.05) is 24.5 Å². The van der Waals surface area contributed by atoms with Crippen LogP contribution in [0.15, 0.2) is 41.3 Å². The SMILES string of the molecule is COc1ccc(S(=O)(=O)CCC(=O)N(CCN(C)C)c2nc3c(C)cc(Cl)cc3s2)cc1.Cl. The molecule has 3 aromatic rings. The van der Waals surface area contributed by atoms with Crippen molar-refractivity contribution < 1.29 is 17.9 Å². The number of amides is 1. The summed E-state index contributed by atoms with van der Waals surface area (Å²) in [6, 6.07) is 9.82. The molecule has 0 aliphatic rings. The number of halogens is 2. The Kier molecular flexibility index (Phi) is 9.51. The fourth-order valence-corrected chi connectivity index (χ4v) is 5.84. The molecule has 0 radical (unpaired) electrons. The quantitative estimate of drug-likeness (QED) is 0.405. The van der Waals surface area contributed by atoms with Crippen LogP contribution in [-0.2, 0) is 14.6 Å². The molecule has 0 aliphatic heterocycles. The molecule has 0 atom stereocenters. The molecule has 1 amide bonds. The summed E-state index contributed by atoms with van der Waals surface area (Å²) in [7, 11) is 1.74. The summed E-state index contributed by atoms with van der Waals surface area (Å²) >= 11 is 7.55. The average Bonchev–Trinajstić information content (AvgIpc) is 3.16. The predicted molar refractivity (Wildman–Crippen MR) is 137 cm³/mol. The van der Waals surface area contributed by atoms with Gasteiger partial charge in [0.05, 0.1) is 28.0 Å². The fraction of sp³-hybridized carbons (Fsp3) is 0.364. The van der Waals surface area contributed by atoms with Crippen LogP contribution in [0.5, 0.6) is 5.75 Å². The Morgan fingerprint density at radius 1 is 1.15 bits per heavy atom. The van der Waals surface area contributed by atoms with E-state index in [0.29, 0.717) is 29.0 Å². The largest absolute Gasteiger partial charge is 0.497 e. The minimum Gasteiger partial charge on any atom is -0.497 e. The molecule has 0 spiro atoms. The van der Waals surface area contributed by atoms with Crippen LogP contribution in [0, 0.1) is 6.92 Å². The predicted octanol–water partition coefficient (Wildman–Crippen LogP) is 4.45. The maximum absolute atomic E-state index is 13.1. The van der Waals surface area contributed by atoms with Crippen molar-refractivity contribution in [2.24, 2.45) is 0 Å². The molecular formula is C22H27Cl2N3O4S2. The van der Waals surface area contributed by atoms with Gasteiger partial charge in [-0.25, -0.2) is 13.4 Å². The molecule has 7 nitrogen and oxygen atoms in total. The summed E-state index contributed by atoms with van der Waals surface area (Å²) in [6.45, 7) is 2.94. The molecule has 0 saturated carbocycles.